The van der Waals surface area contributed by atoms with Gasteiger partial charge in [0.05, 0.1) is 44.3 Å². The minimum atomic E-state index is 0.426. The predicted octanol–water partition coefficient (Wildman–Crippen LogP) is 4.35. The molecule has 2 aromatic carbocycles. The molecule has 4 aliphatic rings. The molecule has 0 aromatic heterocycles. The zero-order valence-corrected chi connectivity index (χ0v) is 18.3. The summed E-state index contributed by atoms with van der Waals surface area (Å²) in [5.74, 6) is 1.78. The van der Waals surface area contributed by atoms with Crippen molar-refractivity contribution < 1.29 is 14.1 Å². The molecule has 1 atom stereocenters. The van der Waals surface area contributed by atoms with Crippen molar-refractivity contribution >= 4 is 12.1 Å². The third kappa shape index (κ3) is 3.49. The first-order chi connectivity index (χ1) is 16.3. The number of aliphatic imine (C=N–C) groups is 2. The molecule has 2 aromatic rings. The maximum atomic E-state index is 6.14. The van der Waals surface area contributed by atoms with Crippen molar-refractivity contribution in [2.24, 2.45) is 9.98 Å². The SMILES string of the molecule is C1=CC(C2=C3C=NC=C[N+]3(N3CCOCC3)C(c3cccc(OCc4ccccc4)c3)=N2)=C1. The summed E-state index contributed by atoms with van der Waals surface area (Å²) in [5.41, 5.74) is 5.35. The van der Waals surface area contributed by atoms with Crippen molar-refractivity contribution in [1.82, 2.24) is 5.01 Å². The lowest BCUT2D eigenvalue weighted by Crippen LogP contribution is -2.62. The zero-order chi connectivity index (χ0) is 22.1. The Morgan fingerprint density at radius 2 is 1.88 bits per heavy atom. The summed E-state index contributed by atoms with van der Waals surface area (Å²) in [5, 5.41) is 2.41. The van der Waals surface area contributed by atoms with Crippen molar-refractivity contribution in [3.05, 3.63) is 113 Å². The number of benzene rings is 2. The van der Waals surface area contributed by atoms with Gasteiger partial charge >= 0.3 is 0 Å². The molecule has 6 nitrogen and oxygen atoms in total. The highest BCUT2D eigenvalue weighted by molar-refractivity contribution is 6.01. The number of allylic oxidation sites excluding steroid dienone is 4. The van der Waals surface area contributed by atoms with E-state index in [1.807, 2.05) is 48.8 Å². The molecule has 6 rings (SSSR count). The van der Waals surface area contributed by atoms with Gasteiger partial charge in [-0.1, -0.05) is 54.6 Å². The van der Waals surface area contributed by atoms with E-state index in [0.29, 0.717) is 24.4 Å². The van der Waals surface area contributed by atoms with E-state index in [2.05, 4.69) is 52.6 Å². The van der Waals surface area contributed by atoms with E-state index in [0.717, 1.165) is 52.8 Å². The van der Waals surface area contributed by atoms with Crippen LogP contribution in [-0.4, -0.2) is 48.0 Å². The van der Waals surface area contributed by atoms with Crippen LogP contribution in [0.1, 0.15) is 11.1 Å². The highest BCUT2D eigenvalue weighted by atomic mass is 16.5. The molecular formula is C27H25N4O2+. The summed E-state index contributed by atoms with van der Waals surface area (Å²) in [6.07, 6.45) is 12.2. The van der Waals surface area contributed by atoms with Gasteiger partial charge in [-0.25, -0.2) is 0 Å². The predicted molar refractivity (Wildman–Crippen MR) is 128 cm³/mol. The van der Waals surface area contributed by atoms with Gasteiger partial charge in [0, 0.05) is 5.57 Å². The summed E-state index contributed by atoms with van der Waals surface area (Å²) in [6.45, 7) is 3.55. The molecule has 164 valence electrons. The number of hydrogen-bond acceptors (Lipinski definition) is 5. The van der Waals surface area contributed by atoms with Gasteiger partial charge in [-0.3, -0.25) is 4.99 Å². The molecule has 0 spiro atoms. The number of hydrogen-bond donors (Lipinski definition) is 0. The van der Waals surface area contributed by atoms with E-state index in [9.17, 15) is 0 Å². The Hall–Kier alpha value is -3.58. The van der Waals surface area contributed by atoms with Crippen LogP contribution in [-0.2, 0) is 11.3 Å². The molecule has 6 heteroatoms. The average Bonchev–Trinajstić information content (AvgIpc) is 3.19. The van der Waals surface area contributed by atoms with Crippen molar-refractivity contribution in [3.63, 3.8) is 0 Å². The highest BCUT2D eigenvalue weighted by Crippen LogP contribution is 2.41. The third-order valence-corrected chi connectivity index (χ3v) is 6.31. The van der Waals surface area contributed by atoms with Crippen molar-refractivity contribution in [3.8, 4) is 5.75 Å². The van der Waals surface area contributed by atoms with Crippen LogP contribution in [0.15, 0.2) is 112 Å². The molecular weight excluding hydrogens is 412 g/mol. The zero-order valence-electron chi connectivity index (χ0n) is 18.3. The first kappa shape index (κ1) is 20.1. The Morgan fingerprint density at radius 3 is 2.67 bits per heavy atom. The number of rotatable bonds is 6. The lowest BCUT2D eigenvalue weighted by molar-refractivity contribution is -0.875. The summed E-state index contributed by atoms with van der Waals surface area (Å²) in [7, 11) is 0. The highest BCUT2D eigenvalue weighted by Gasteiger charge is 2.52. The van der Waals surface area contributed by atoms with Crippen LogP contribution in [0.3, 0.4) is 0 Å². The molecule has 3 heterocycles. The molecule has 1 fully saturated rings. The third-order valence-electron chi connectivity index (χ3n) is 6.31. The van der Waals surface area contributed by atoms with Gasteiger partial charge < -0.3 is 9.47 Å². The molecule has 0 bridgehead atoms. The van der Waals surface area contributed by atoms with E-state index in [1.165, 1.54) is 0 Å². The van der Waals surface area contributed by atoms with Crippen LogP contribution in [0.2, 0.25) is 0 Å². The van der Waals surface area contributed by atoms with Gasteiger partial charge in [0.1, 0.15) is 24.3 Å². The van der Waals surface area contributed by atoms with Crippen LogP contribution in [0.5, 0.6) is 5.75 Å². The summed E-state index contributed by atoms with van der Waals surface area (Å²) in [4.78, 5) is 9.67. The smallest absolute Gasteiger partial charge is 0.265 e. The molecule has 3 aliphatic heterocycles. The fourth-order valence-corrected chi connectivity index (χ4v) is 4.60. The van der Waals surface area contributed by atoms with Gasteiger partial charge in [-0.15, -0.1) is 9.60 Å². The van der Waals surface area contributed by atoms with Crippen molar-refractivity contribution in [1.29, 1.82) is 0 Å². The maximum Gasteiger partial charge on any atom is 0.265 e. The molecule has 1 saturated heterocycles. The summed E-state index contributed by atoms with van der Waals surface area (Å²) in [6, 6.07) is 18.5. The van der Waals surface area contributed by atoms with Crippen LogP contribution in [0.4, 0.5) is 0 Å². The standard InChI is InChI=1S/C27H25N4O2/c1-2-6-21(7-3-1)20-33-24-11-5-10-23(18-24)27-29-26(22-8-4-9-22)25-19-28-12-15-31(25,27)30-13-16-32-17-14-30/h1-12,15,18-19H,13-14,16-17,20H2/q+1. The van der Waals surface area contributed by atoms with E-state index >= 15 is 0 Å². The molecule has 1 aliphatic carbocycles. The number of morpholine rings is 1. The number of nitrogens with zero attached hydrogens (tertiary/aromatic N) is 4. The Morgan fingerprint density at radius 1 is 1.03 bits per heavy atom. The number of ether oxygens (including phenoxy) is 2. The maximum absolute atomic E-state index is 6.14. The Bertz CT molecular complexity index is 1250. The largest absolute Gasteiger partial charge is 0.489 e. The normalized spacial score (nSPS) is 23.8. The van der Waals surface area contributed by atoms with E-state index < -0.39 is 0 Å². The molecule has 0 radical (unpaired) electrons. The number of amidine groups is 1. The summed E-state index contributed by atoms with van der Waals surface area (Å²) < 4.78 is 12.2. The van der Waals surface area contributed by atoms with E-state index in [4.69, 9.17) is 14.5 Å². The number of quaternary nitrogens is 1. The van der Waals surface area contributed by atoms with Crippen LogP contribution >= 0.6 is 0 Å². The second kappa shape index (κ2) is 8.41. The molecule has 0 amide bonds. The van der Waals surface area contributed by atoms with E-state index in [1.54, 1.807) is 0 Å². The van der Waals surface area contributed by atoms with Gasteiger partial charge in [-0.2, -0.15) is 4.99 Å². The molecule has 0 saturated carbocycles. The lowest BCUT2D eigenvalue weighted by Gasteiger charge is -2.42. The first-order valence-electron chi connectivity index (χ1n) is 11.3. The summed E-state index contributed by atoms with van der Waals surface area (Å²) >= 11 is 0. The van der Waals surface area contributed by atoms with Crippen molar-refractivity contribution in [2.75, 3.05) is 26.3 Å². The minimum absolute atomic E-state index is 0.426. The average molecular weight is 438 g/mol. The van der Waals surface area contributed by atoms with Gasteiger partial charge in [-0.05, 0) is 23.8 Å². The van der Waals surface area contributed by atoms with Crippen LogP contribution < -0.4 is 4.74 Å². The topological polar surface area (TPSA) is 46.4 Å². The minimum Gasteiger partial charge on any atom is -0.489 e. The Kier molecular flexibility index (Phi) is 5.11. The molecule has 1 unspecified atom stereocenters. The van der Waals surface area contributed by atoms with E-state index in [-0.39, 0.29) is 0 Å². The van der Waals surface area contributed by atoms with Gasteiger partial charge in [0.15, 0.2) is 0 Å². The Labute approximate surface area is 193 Å². The molecule has 0 N–H and O–H groups in total. The second-order valence-electron chi connectivity index (χ2n) is 8.28. The molecule has 33 heavy (non-hydrogen) atoms. The van der Waals surface area contributed by atoms with Gasteiger partial charge in [0.2, 0.25) is 5.70 Å². The quantitative estimate of drug-likeness (QED) is 0.631. The first-order valence-corrected chi connectivity index (χ1v) is 11.3. The second-order valence-corrected chi connectivity index (χ2v) is 8.28. The monoisotopic (exact) mass is 437 g/mol. The lowest BCUT2D eigenvalue weighted by atomic mass is 10.0. The van der Waals surface area contributed by atoms with Crippen LogP contribution in [0.25, 0.3) is 0 Å². The van der Waals surface area contributed by atoms with Crippen LogP contribution in [0, 0.1) is 0 Å². The Balaban J connectivity index is 1.39. The van der Waals surface area contributed by atoms with Crippen molar-refractivity contribution in [2.45, 2.75) is 6.61 Å². The fourth-order valence-electron chi connectivity index (χ4n) is 4.60. The fraction of sp³-hybridized carbons (Fsp3) is 0.185. The number of fused-ring (bicyclic) bond motifs is 1. The van der Waals surface area contributed by atoms with Gasteiger partial charge in [0.25, 0.3) is 5.84 Å².